The van der Waals surface area contributed by atoms with E-state index in [0.717, 1.165) is 36.2 Å². The van der Waals surface area contributed by atoms with Crippen LogP contribution in [0.15, 0.2) is 59.5 Å². The molecule has 4 rings (SSSR count). The molecule has 0 aliphatic carbocycles. The molecule has 1 aromatic carbocycles. The number of hydrogen-bond acceptors (Lipinski definition) is 4. The molecule has 0 spiro atoms. The van der Waals surface area contributed by atoms with Crippen LogP contribution in [-0.2, 0) is 6.54 Å². The van der Waals surface area contributed by atoms with E-state index in [9.17, 15) is 0 Å². The van der Waals surface area contributed by atoms with Crippen molar-refractivity contribution >= 4 is 26.8 Å². The van der Waals surface area contributed by atoms with E-state index in [-0.39, 0.29) is 0 Å². The number of benzene rings is 1. The molecule has 1 unspecified atom stereocenters. The van der Waals surface area contributed by atoms with Gasteiger partial charge in [-0.2, -0.15) is 0 Å². The van der Waals surface area contributed by atoms with Crippen LogP contribution in [0.2, 0.25) is 0 Å². The lowest BCUT2D eigenvalue weighted by Gasteiger charge is -2.36. The van der Waals surface area contributed by atoms with Gasteiger partial charge in [0.15, 0.2) is 0 Å². The van der Waals surface area contributed by atoms with Crippen LogP contribution >= 0.6 is 15.9 Å². The highest BCUT2D eigenvalue weighted by molar-refractivity contribution is 9.10. The summed E-state index contributed by atoms with van der Waals surface area (Å²) in [5, 5.41) is 4.67. The number of hydrogen-bond donors (Lipinski definition) is 1. The molecule has 2 aromatic heterocycles. The fraction of sp³-hybridized carbons (Fsp3) is 0.263. The van der Waals surface area contributed by atoms with E-state index in [2.05, 4.69) is 60.4 Å². The summed E-state index contributed by atoms with van der Waals surface area (Å²) >= 11 is 3.63. The fourth-order valence-corrected chi connectivity index (χ4v) is 3.83. The number of fused-ring (bicyclic) bond motifs is 1. The van der Waals surface area contributed by atoms with Gasteiger partial charge in [0.05, 0.1) is 5.52 Å². The summed E-state index contributed by atoms with van der Waals surface area (Å²) in [5.41, 5.74) is 3.61. The fourth-order valence-electron chi connectivity index (χ4n) is 3.38. The predicted molar refractivity (Wildman–Crippen MR) is 99.7 cm³/mol. The molecule has 3 aromatic rings. The molecule has 1 atom stereocenters. The van der Waals surface area contributed by atoms with E-state index in [1.165, 1.54) is 16.5 Å². The van der Waals surface area contributed by atoms with E-state index in [1.807, 2.05) is 30.7 Å². The van der Waals surface area contributed by atoms with E-state index >= 15 is 0 Å². The smallest absolute Gasteiger partial charge is 0.0758 e. The first-order valence-electron chi connectivity index (χ1n) is 8.20. The highest BCUT2D eigenvalue weighted by Gasteiger charge is 2.24. The normalized spacial score (nSPS) is 18.8. The average molecular weight is 383 g/mol. The molecule has 0 radical (unpaired) electrons. The predicted octanol–water partition coefficient (Wildman–Crippen LogP) is 3.54. The summed E-state index contributed by atoms with van der Waals surface area (Å²) < 4.78 is 1.10. The molecule has 1 N–H and O–H groups in total. The maximum atomic E-state index is 4.62. The largest absolute Gasteiger partial charge is 0.314 e. The molecule has 0 amide bonds. The number of rotatable bonds is 3. The van der Waals surface area contributed by atoms with Crippen LogP contribution in [0.4, 0.5) is 0 Å². The Bertz CT molecular complexity index is 837. The lowest BCUT2D eigenvalue weighted by molar-refractivity contribution is 0.154. The van der Waals surface area contributed by atoms with Crippen molar-refractivity contribution in [1.82, 2.24) is 20.2 Å². The van der Waals surface area contributed by atoms with Crippen LogP contribution in [0.3, 0.4) is 0 Å². The minimum atomic E-state index is 0.342. The molecule has 3 heterocycles. The second-order valence-corrected chi connectivity index (χ2v) is 6.94. The van der Waals surface area contributed by atoms with E-state index in [1.54, 1.807) is 0 Å². The SMILES string of the molecule is Brc1ccc(CN2CCNCC2c2cccnc2)c2ncccc12. The number of nitrogens with one attached hydrogen (secondary N) is 1. The molecule has 0 bridgehead atoms. The Kier molecular flexibility index (Phi) is 4.56. The summed E-state index contributed by atoms with van der Waals surface area (Å²) in [6.45, 7) is 3.87. The van der Waals surface area contributed by atoms with Crippen molar-refractivity contribution in [1.29, 1.82) is 0 Å². The van der Waals surface area contributed by atoms with Crippen molar-refractivity contribution in [3.05, 3.63) is 70.6 Å². The molecule has 1 aliphatic rings. The average Bonchev–Trinajstić information content (AvgIpc) is 2.65. The van der Waals surface area contributed by atoms with Gasteiger partial charge in [0.1, 0.15) is 0 Å². The summed E-state index contributed by atoms with van der Waals surface area (Å²) in [7, 11) is 0. The second kappa shape index (κ2) is 6.97. The van der Waals surface area contributed by atoms with Crippen molar-refractivity contribution < 1.29 is 0 Å². The molecule has 1 fully saturated rings. The third kappa shape index (κ3) is 3.07. The van der Waals surface area contributed by atoms with Crippen molar-refractivity contribution in [2.45, 2.75) is 12.6 Å². The minimum absolute atomic E-state index is 0.342. The molecule has 1 aliphatic heterocycles. The Hall–Kier alpha value is -1.82. The second-order valence-electron chi connectivity index (χ2n) is 6.08. The van der Waals surface area contributed by atoms with Crippen LogP contribution < -0.4 is 5.32 Å². The van der Waals surface area contributed by atoms with Gasteiger partial charge in [-0.1, -0.05) is 34.1 Å². The first-order valence-corrected chi connectivity index (χ1v) is 8.99. The molecular weight excluding hydrogens is 364 g/mol. The molecule has 122 valence electrons. The van der Waals surface area contributed by atoms with Gasteiger partial charge in [-0.3, -0.25) is 14.9 Å². The zero-order valence-electron chi connectivity index (χ0n) is 13.3. The lowest BCUT2D eigenvalue weighted by Crippen LogP contribution is -2.45. The minimum Gasteiger partial charge on any atom is -0.314 e. The van der Waals surface area contributed by atoms with Gasteiger partial charge in [-0.05, 0) is 29.3 Å². The third-order valence-electron chi connectivity index (χ3n) is 4.60. The maximum Gasteiger partial charge on any atom is 0.0758 e. The Balaban J connectivity index is 1.67. The summed E-state index contributed by atoms with van der Waals surface area (Å²) in [4.78, 5) is 11.4. The molecule has 0 saturated carbocycles. The van der Waals surface area contributed by atoms with Crippen molar-refractivity contribution in [2.75, 3.05) is 19.6 Å². The van der Waals surface area contributed by atoms with Gasteiger partial charge >= 0.3 is 0 Å². The van der Waals surface area contributed by atoms with Crippen LogP contribution in [0.1, 0.15) is 17.2 Å². The Labute approximate surface area is 150 Å². The topological polar surface area (TPSA) is 41.0 Å². The van der Waals surface area contributed by atoms with E-state index < -0.39 is 0 Å². The van der Waals surface area contributed by atoms with Crippen LogP contribution in [-0.4, -0.2) is 34.5 Å². The number of nitrogens with zero attached hydrogens (tertiary/aromatic N) is 3. The van der Waals surface area contributed by atoms with Crippen LogP contribution in [0, 0.1) is 0 Å². The van der Waals surface area contributed by atoms with Gasteiger partial charge in [0.2, 0.25) is 0 Å². The number of halogens is 1. The molecule has 1 saturated heterocycles. The number of aromatic nitrogens is 2. The van der Waals surface area contributed by atoms with Gasteiger partial charge in [-0.25, -0.2) is 0 Å². The first-order chi connectivity index (χ1) is 11.8. The van der Waals surface area contributed by atoms with Crippen molar-refractivity contribution in [3.8, 4) is 0 Å². The Morgan fingerprint density at radius 1 is 1.17 bits per heavy atom. The summed E-state index contributed by atoms with van der Waals surface area (Å²) in [5.74, 6) is 0. The Morgan fingerprint density at radius 3 is 2.96 bits per heavy atom. The van der Waals surface area contributed by atoms with Gasteiger partial charge in [0.25, 0.3) is 0 Å². The zero-order chi connectivity index (χ0) is 16.4. The first kappa shape index (κ1) is 15.7. The molecule has 24 heavy (non-hydrogen) atoms. The monoisotopic (exact) mass is 382 g/mol. The highest BCUT2D eigenvalue weighted by atomic mass is 79.9. The quantitative estimate of drug-likeness (QED) is 0.751. The van der Waals surface area contributed by atoms with E-state index in [0.29, 0.717) is 6.04 Å². The standard InChI is InChI=1S/C19H19BrN4/c20-17-6-5-15(19-16(17)4-2-8-23-19)13-24-10-9-22-12-18(24)14-3-1-7-21-11-14/h1-8,11,18,22H,9-10,12-13H2. The van der Waals surface area contributed by atoms with Crippen molar-refractivity contribution in [3.63, 3.8) is 0 Å². The zero-order valence-corrected chi connectivity index (χ0v) is 14.9. The Morgan fingerprint density at radius 2 is 2.08 bits per heavy atom. The number of pyridine rings is 2. The lowest BCUT2D eigenvalue weighted by atomic mass is 10.0. The molecule has 4 nitrogen and oxygen atoms in total. The maximum absolute atomic E-state index is 4.62. The van der Waals surface area contributed by atoms with Crippen molar-refractivity contribution in [2.24, 2.45) is 0 Å². The van der Waals surface area contributed by atoms with Gasteiger partial charge in [-0.15, -0.1) is 0 Å². The van der Waals surface area contributed by atoms with Crippen LogP contribution in [0.5, 0.6) is 0 Å². The highest BCUT2D eigenvalue weighted by Crippen LogP contribution is 2.29. The van der Waals surface area contributed by atoms with Gasteiger partial charge < -0.3 is 5.32 Å². The molecule has 5 heteroatoms. The van der Waals surface area contributed by atoms with Gasteiger partial charge in [0, 0.05) is 60.7 Å². The third-order valence-corrected chi connectivity index (χ3v) is 5.29. The summed E-state index contributed by atoms with van der Waals surface area (Å²) in [6.07, 6.45) is 5.67. The number of piperazine rings is 1. The molecular formula is C19H19BrN4. The van der Waals surface area contributed by atoms with Crippen LogP contribution in [0.25, 0.3) is 10.9 Å². The van der Waals surface area contributed by atoms with E-state index in [4.69, 9.17) is 0 Å². The summed E-state index contributed by atoms with van der Waals surface area (Å²) in [6, 6.07) is 12.9.